The van der Waals surface area contributed by atoms with Crippen molar-refractivity contribution in [2.45, 2.75) is 44.0 Å². The Morgan fingerprint density at radius 3 is 2.36 bits per heavy atom. The van der Waals surface area contributed by atoms with Gasteiger partial charge >= 0.3 is 5.97 Å². The van der Waals surface area contributed by atoms with Crippen LogP contribution in [0.5, 0.6) is 5.75 Å². The highest BCUT2D eigenvalue weighted by molar-refractivity contribution is 7.89. The Hall–Kier alpha value is -3.02. The van der Waals surface area contributed by atoms with Crippen LogP contribution < -0.4 is 9.54 Å². The molecule has 4 rings (SSSR count). The Morgan fingerprint density at radius 2 is 1.72 bits per heavy atom. The lowest BCUT2D eigenvalue weighted by molar-refractivity contribution is -0.143. The van der Waals surface area contributed by atoms with Crippen molar-refractivity contribution in [3.63, 3.8) is 0 Å². The molecule has 0 aliphatic carbocycles. The number of ether oxygens (including phenoxy) is 2. The standard InChI is InChI=1S/C25H29N3O6S2/c1-3-34-22(29)17-28-23-20(33-2)9-8-10-21(23)35-25(28)26-24(30)18-11-13-19(14-12-18)36(31,32)27-15-6-4-5-7-16-27/h8-14H,3-7,15-17H2,1-2H3. The molecule has 1 fully saturated rings. The zero-order valence-electron chi connectivity index (χ0n) is 20.3. The number of para-hydroxylation sites is 1. The highest BCUT2D eigenvalue weighted by atomic mass is 32.2. The zero-order chi connectivity index (χ0) is 25.7. The highest BCUT2D eigenvalue weighted by Crippen LogP contribution is 2.27. The van der Waals surface area contributed by atoms with Crippen LogP contribution >= 0.6 is 11.3 Å². The topological polar surface area (TPSA) is 107 Å². The molecule has 36 heavy (non-hydrogen) atoms. The molecule has 11 heteroatoms. The van der Waals surface area contributed by atoms with Crippen LogP contribution in [-0.4, -0.2) is 56.0 Å². The van der Waals surface area contributed by atoms with Crippen molar-refractivity contribution in [2.75, 3.05) is 26.8 Å². The minimum Gasteiger partial charge on any atom is -0.495 e. The normalized spacial score (nSPS) is 15.6. The van der Waals surface area contributed by atoms with Gasteiger partial charge in [0, 0.05) is 18.7 Å². The summed E-state index contributed by atoms with van der Waals surface area (Å²) in [6.07, 6.45) is 3.75. The number of hydrogen-bond acceptors (Lipinski definition) is 7. The van der Waals surface area contributed by atoms with Crippen LogP contribution in [0.3, 0.4) is 0 Å². The van der Waals surface area contributed by atoms with Gasteiger partial charge in [0.2, 0.25) is 10.0 Å². The van der Waals surface area contributed by atoms with Crippen LogP contribution in [0.25, 0.3) is 10.2 Å². The molecule has 0 radical (unpaired) electrons. The average molecular weight is 532 g/mol. The number of rotatable bonds is 7. The first-order chi connectivity index (χ1) is 17.3. The van der Waals surface area contributed by atoms with Crippen LogP contribution in [0.15, 0.2) is 52.4 Å². The maximum atomic E-state index is 13.0. The fourth-order valence-corrected chi connectivity index (χ4v) is 6.74. The van der Waals surface area contributed by atoms with Crippen molar-refractivity contribution in [1.82, 2.24) is 8.87 Å². The Labute approximate surface area is 214 Å². The van der Waals surface area contributed by atoms with E-state index < -0.39 is 21.9 Å². The Balaban J connectivity index is 1.67. The Morgan fingerprint density at radius 1 is 1.03 bits per heavy atom. The van der Waals surface area contributed by atoms with Crippen molar-refractivity contribution in [3.05, 3.63) is 52.8 Å². The van der Waals surface area contributed by atoms with E-state index in [0.717, 1.165) is 30.4 Å². The second-order valence-corrected chi connectivity index (χ2v) is 11.3. The summed E-state index contributed by atoms with van der Waals surface area (Å²) in [5.74, 6) is -0.457. The third-order valence-electron chi connectivity index (χ3n) is 5.98. The summed E-state index contributed by atoms with van der Waals surface area (Å²) >= 11 is 1.25. The number of benzene rings is 2. The molecule has 1 aliphatic rings. The van der Waals surface area contributed by atoms with Gasteiger partial charge in [-0.1, -0.05) is 30.2 Å². The van der Waals surface area contributed by atoms with Gasteiger partial charge in [0.25, 0.3) is 5.91 Å². The number of carbonyl (C=O) groups excluding carboxylic acids is 2. The molecule has 192 valence electrons. The van der Waals surface area contributed by atoms with E-state index in [1.165, 1.54) is 47.0 Å². The van der Waals surface area contributed by atoms with E-state index in [1.807, 2.05) is 12.1 Å². The number of esters is 1. The highest BCUT2D eigenvalue weighted by Gasteiger charge is 2.25. The summed E-state index contributed by atoms with van der Waals surface area (Å²) in [5.41, 5.74) is 0.889. The van der Waals surface area contributed by atoms with Crippen molar-refractivity contribution in [2.24, 2.45) is 4.99 Å². The smallest absolute Gasteiger partial charge is 0.326 e. The van der Waals surface area contributed by atoms with E-state index in [0.29, 0.717) is 29.2 Å². The third-order valence-corrected chi connectivity index (χ3v) is 8.93. The Kier molecular flexibility index (Phi) is 8.22. The molecular formula is C25H29N3O6S2. The lowest BCUT2D eigenvalue weighted by atomic mass is 10.2. The number of thiazole rings is 1. The SMILES string of the molecule is CCOC(=O)Cn1c(=NC(=O)c2ccc(S(=O)(=O)N3CCCCCC3)cc2)sc2cccc(OC)c21. The average Bonchev–Trinajstić information content (AvgIpc) is 3.03. The van der Waals surface area contributed by atoms with Gasteiger partial charge in [0.15, 0.2) is 4.80 Å². The molecule has 0 bridgehead atoms. The first-order valence-electron chi connectivity index (χ1n) is 11.9. The molecule has 3 aromatic rings. The van der Waals surface area contributed by atoms with Crippen LogP contribution in [0.1, 0.15) is 43.0 Å². The quantitative estimate of drug-likeness (QED) is 0.432. The summed E-state index contributed by atoms with van der Waals surface area (Å²) in [6.45, 7) is 2.84. The molecular weight excluding hydrogens is 502 g/mol. The molecule has 0 atom stereocenters. The molecule has 0 N–H and O–H groups in total. The molecule has 1 saturated heterocycles. The fourth-order valence-electron chi connectivity index (χ4n) is 4.18. The summed E-state index contributed by atoms with van der Waals surface area (Å²) in [4.78, 5) is 30.1. The van der Waals surface area contributed by atoms with Crippen molar-refractivity contribution >= 4 is 43.5 Å². The number of fused-ring (bicyclic) bond motifs is 1. The molecule has 2 heterocycles. The van der Waals surface area contributed by atoms with Crippen molar-refractivity contribution < 1.29 is 27.5 Å². The molecule has 1 aliphatic heterocycles. The van der Waals surface area contributed by atoms with Gasteiger partial charge in [-0.25, -0.2) is 8.42 Å². The van der Waals surface area contributed by atoms with Crippen LogP contribution in [0, 0.1) is 0 Å². The van der Waals surface area contributed by atoms with Gasteiger partial charge < -0.3 is 14.0 Å². The number of methoxy groups -OCH3 is 1. The van der Waals surface area contributed by atoms with E-state index in [9.17, 15) is 18.0 Å². The molecule has 1 aromatic heterocycles. The number of amides is 1. The van der Waals surface area contributed by atoms with E-state index in [-0.39, 0.29) is 23.6 Å². The van der Waals surface area contributed by atoms with Crippen LogP contribution in [-0.2, 0) is 26.1 Å². The fraction of sp³-hybridized carbons (Fsp3) is 0.400. The molecule has 0 saturated carbocycles. The predicted octanol–water partition coefficient (Wildman–Crippen LogP) is 3.58. The minimum atomic E-state index is -3.61. The number of sulfonamides is 1. The maximum absolute atomic E-state index is 13.0. The van der Waals surface area contributed by atoms with Gasteiger partial charge in [0.05, 0.1) is 23.3 Å². The van der Waals surface area contributed by atoms with Gasteiger partial charge in [-0.15, -0.1) is 0 Å². The van der Waals surface area contributed by atoms with E-state index in [2.05, 4.69) is 4.99 Å². The van der Waals surface area contributed by atoms with Crippen molar-refractivity contribution in [1.29, 1.82) is 0 Å². The lowest BCUT2D eigenvalue weighted by Crippen LogP contribution is -2.31. The van der Waals surface area contributed by atoms with E-state index in [1.54, 1.807) is 17.6 Å². The summed E-state index contributed by atoms with van der Waals surface area (Å²) in [7, 11) is -2.08. The Bertz CT molecular complexity index is 1420. The second-order valence-electron chi connectivity index (χ2n) is 8.34. The molecule has 0 spiro atoms. The summed E-state index contributed by atoms with van der Waals surface area (Å²) in [6, 6.07) is 11.3. The number of hydrogen-bond donors (Lipinski definition) is 0. The number of aromatic nitrogens is 1. The number of nitrogens with zero attached hydrogens (tertiary/aromatic N) is 3. The van der Waals surface area contributed by atoms with Gasteiger partial charge in [0.1, 0.15) is 17.8 Å². The minimum absolute atomic E-state index is 0.132. The molecule has 0 unspecified atom stereocenters. The van der Waals surface area contributed by atoms with Crippen molar-refractivity contribution in [3.8, 4) is 5.75 Å². The van der Waals surface area contributed by atoms with Crippen LogP contribution in [0.4, 0.5) is 0 Å². The van der Waals surface area contributed by atoms with Gasteiger partial charge in [-0.2, -0.15) is 9.30 Å². The summed E-state index contributed by atoms with van der Waals surface area (Å²) < 4.78 is 40.5. The molecule has 1 amide bonds. The largest absolute Gasteiger partial charge is 0.495 e. The number of carbonyl (C=O) groups is 2. The molecule has 2 aromatic carbocycles. The van der Waals surface area contributed by atoms with Gasteiger partial charge in [-0.05, 0) is 56.2 Å². The van der Waals surface area contributed by atoms with Gasteiger partial charge in [-0.3, -0.25) is 9.59 Å². The maximum Gasteiger partial charge on any atom is 0.326 e. The first kappa shape index (κ1) is 26.1. The summed E-state index contributed by atoms with van der Waals surface area (Å²) in [5, 5.41) is 0. The van der Waals surface area contributed by atoms with E-state index in [4.69, 9.17) is 9.47 Å². The third kappa shape index (κ3) is 5.53. The monoisotopic (exact) mass is 531 g/mol. The molecule has 9 nitrogen and oxygen atoms in total. The zero-order valence-corrected chi connectivity index (χ0v) is 21.9. The lowest BCUT2D eigenvalue weighted by Gasteiger charge is -2.19. The first-order valence-corrected chi connectivity index (χ1v) is 14.1. The van der Waals surface area contributed by atoms with E-state index >= 15 is 0 Å². The van der Waals surface area contributed by atoms with Crippen LogP contribution in [0.2, 0.25) is 0 Å². The second kappa shape index (κ2) is 11.4. The predicted molar refractivity (Wildman–Crippen MR) is 137 cm³/mol.